The molecule has 0 spiro atoms. The van der Waals surface area contributed by atoms with Gasteiger partial charge in [0.2, 0.25) is 15.9 Å². The maximum absolute atomic E-state index is 13.3. The molecule has 128 valence electrons. The molecule has 0 N–H and O–H groups in total. The predicted molar refractivity (Wildman–Crippen MR) is 87.8 cm³/mol. The first-order chi connectivity index (χ1) is 10.9. The predicted octanol–water partition coefficient (Wildman–Crippen LogP) is 2.42. The van der Waals surface area contributed by atoms with Crippen LogP contribution in [-0.4, -0.2) is 41.7 Å². The molecule has 1 unspecified atom stereocenters. The van der Waals surface area contributed by atoms with Gasteiger partial charge in [0, 0.05) is 25.6 Å². The van der Waals surface area contributed by atoms with Gasteiger partial charge in [-0.25, -0.2) is 13.1 Å². The lowest BCUT2D eigenvalue weighted by Crippen LogP contribution is -2.52. The molecule has 1 aromatic rings. The second-order valence-electron chi connectivity index (χ2n) is 6.99. The molecule has 6 nitrogen and oxygen atoms in total. The molecule has 2 aliphatic heterocycles. The Hall–Kier alpha value is -1.34. The fourth-order valence-electron chi connectivity index (χ4n) is 3.63. The number of ether oxygens (including phenoxy) is 1. The van der Waals surface area contributed by atoms with Crippen LogP contribution < -0.4 is 4.74 Å². The van der Waals surface area contributed by atoms with E-state index < -0.39 is 10.0 Å². The summed E-state index contributed by atoms with van der Waals surface area (Å²) in [6.07, 6.45) is 6.62. The van der Waals surface area contributed by atoms with Gasteiger partial charge >= 0.3 is 0 Å². The zero-order chi connectivity index (χ0) is 16.7. The Kier molecular flexibility index (Phi) is 4.27. The monoisotopic (exact) mass is 339 g/mol. The first kappa shape index (κ1) is 16.5. The quantitative estimate of drug-likeness (QED) is 0.790. The van der Waals surface area contributed by atoms with Gasteiger partial charge in [-0.1, -0.05) is 19.9 Å². The molecule has 0 amide bonds. The van der Waals surface area contributed by atoms with Crippen LogP contribution in [-0.2, 0) is 16.6 Å². The van der Waals surface area contributed by atoms with Crippen molar-refractivity contribution in [2.24, 2.45) is 5.41 Å². The molecule has 3 heterocycles. The standard InChI is InChI=1S/C16H25N3O3S/c1-4-7-14-16(2,3)8-5-10-19(14)23(20,21)13-12-17-18-9-6-11-22-15(13)18/h4,12,14H,1,5-11H2,2-3H3. The molecule has 2 aliphatic rings. The van der Waals surface area contributed by atoms with Crippen LogP contribution in [0, 0.1) is 5.41 Å². The van der Waals surface area contributed by atoms with Crippen molar-refractivity contribution in [3.05, 3.63) is 18.9 Å². The topological polar surface area (TPSA) is 64.4 Å². The summed E-state index contributed by atoms with van der Waals surface area (Å²) >= 11 is 0. The van der Waals surface area contributed by atoms with Gasteiger partial charge in [-0.05, 0) is 24.7 Å². The van der Waals surface area contributed by atoms with Crippen LogP contribution in [0.2, 0.25) is 0 Å². The summed E-state index contributed by atoms with van der Waals surface area (Å²) in [5, 5.41) is 4.19. The van der Waals surface area contributed by atoms with E-state index in [-0.39, 0.29) is 16.4 Å². The van der Waals surface area contributed by atoms with Gasteiger partial charge in [-0.2, -0.15) is 9.40 Å². The highest BCUT2D eigenvalue weighted by molar-refractivity contribution is 7.89. The average Bonchev–Trinajstić information content (AvgIpc) is 2.93. The van der Waals surface area contributed by atoms with Crippen LogP contribution >= 0.6 is 0 Å². The summed E-state index contributed by atoms with van der Waals surface area (Å²) in [6, 6.07) is -0.0853. The molecule has 1 aromatic heterocycles. The molecule has 23 heavy (non-hydrogen) atoms. The molecule has 1 atom stereocenters. The molecule has 1 saturated heterocycles. The number of hydrogen-bond acceptors (Lipinski definition) is 4. The molecule has 0 saturated carbocycles. The van der Waals surface area contributed by atoms with Crippen molar-refractivity contribution in [2.75, 3.05) is 13.2 Å². The van der Waals surface area contributed by atoms with Crippen molar-refractivity contribution in [1.29, 1.82) is 0 Å². The molecule has 7 heteroatoms. The minimum atomic E-state index is -3.63. The SMILES string of the molecule is C=CCC1N(S(=O)(=O)c2cnn3c2OCCC3)CCCC1(C)C. The second kappa shape index (κ2) is 5.94. The summed E-state index contributed by atoms with van der Waals surface area (Å²) < 4.78 is 35.4. The van der Waals surface area contributed by atoms with Crippen LogP contribution in [0.4, 0.5) is 0 Å². The molecular formula is C16H25N3O3S. The van der Waals surface area contributed by atoms with Crippen molar-refractivity contribution in [3.63, 3.8) is 0 Å². The molecule has 0 bridgehead atoms. The summed E-state index contributed by atoms with van der Waals surface area (Å²) in [4.78, 5) is 0.198. The molecule has 0 radical (unpaired) electrons. The molecular weight excluding hydrogens is 314 g/mol. The van der Waals surface area contributed by atoms with E-state index in [1.165, 1.54) is 6.20 Å². The van der Waals surface area contributed by atoms with Gasteiger partial charge < -0.3 is 4.74 Å². The molecule has 0 aliphatic carbocycles. The Bertz CT molecular complexity index is 693. The lowest BCUT2D eigenvalue weighted by Gasteiger charge is -2.45. The van der Waals surface area contributed by atoms with E-state index in [9.17, 15) is 8.42 Å². The van der Waals surface area contributed by atoms with Gasteiger partial charge in [-0.15, -0.1) is 6.58 Å². The second-order valence-corrected chi connectivity index (χ2v) is 8.85. The zero-order valence-electron chi connectivity index (χ0n) is 13.9. The van der Waals surface area contributed by atoms with Crippen LogP contribution in [0.25, 0.3) is 0 Å². The third-order valence-electron chi connectivity index (χ3n) is 4.94. The van der Waals surface area contributed by atoms with Crippen molar-refractivity contribution >= 4 is 10.0 Å². The Morgan fingerprint density at radius 3 is 2.96 bits per heavy atom. The van der Waals surface area contributed by atoms with E-state index in [4.69, 9.17) is 4.74 Å². The third-order valence-corrected chi connectivity index (χ3v) is 6.83. The Balaban J connectivity index is 2.01. The number of hydrogen-bond donors (Lipinski definition) is 0. The van der Waals surface area contributed by atoms with Gasteiger partial charge in [0.25, 0.3) is 0 Å². The van der Waals surface area contributed by atoms with Crippen molar-refractivity contribution in [2.45, 2.75) is 57.0 Å². The number of rotatable bonds is 4. The Morgan fingerprint density at radius 1 is 1.43 bits per heavy atom. The minimum Gasteiger partial charge on any atom is -0.477 e. The van der Waals surface area contributed by atoms with Gasteiger partial charge in [0.15, 0.2) is 4.90 Å². The number of aromatic nitrogens is 2. The zero-order valence-corrected chi connectivity index (χ0v) is 14.7. The van der Waals surface area contributed by atoms with Crippen molar-refractivity contribution in [1.82, 2.24) is 14.1 Å². The van der Waals surface area contributed by atoms with E-state index in [1.54, 1.807) is 8.99 Å². The smallest absolute Gasteiger partial charge is 0.250 e. The number of sulfonamides is 1. The number of piperidine rings is 1. The third kappa shape index (κ3) is 2.80. The maximum atomic E-state index is 13.3. The molecule has 0 aromatic carbocycles. The van der Waals surface area contributed by atoms with Gasteiger partial charge in [0.05, 0.1) is 12.8 Å². The first-order valence-corrected chi connectivity index (χ1v) is 9.63. The average molecular weight is 339 g/mol. The largest absolute Gasteiger partial charge is 0.477 e. The van der Waals surface area contributed by atoms with Crippen molar-refractivity contribution < 1.29 is 13.2 Å². The lowest BCUT2D eigenvalue weighted by atomic mass is 9.76. The Labute approximate surface area is 138 Å². The van der Waals surface area contributed by atoms with E-state index in [0.29, 0.717) is 32.0 Å². The van der Waals surface area contributed by atoms with Gasteiger partial charge in [-0.3, -0.25) is 0 Å². The fraction of sp³-hybridized carbons (Fsp3) is 0.688. The highest BCUT2D eigenvalue weighted by Crippen LogP contribution is 2.41. The fourth-order valence-corrected chi connectivity index (χ4v) is 5.53. The summed E-state index contributed by atoms with van der Waals surface area (Å²) in [5.74, 6) is 0.386. The van der Waals surface area contributed by atoms with Crippen LogP contribution in [0.5, 0.6) is 5.88 Å². The summed E-state index contributed by atoms with van der Waals surface area (Å²) in [6.45, 7) is 9.85. The van der Waals surface area contributed by atoms with E-state index in [0.717, 1.165) is 19.3 Å². The first-order valence-electron chi connectivity index (χ1n) is 8.19. The summed E-state index contributed by atoms with van der Waals surface area (Å²) in [7, 11) is -3.63. The number of aryl methyl sites for hydroxylation is 1. The Morgan fingerprint density at radius 2 is 2.22 bits per heavy atom. The number of nitrogens with zero attached hydrogens (tertiary/aromatic N) is 3. The maximum Gasteiger partial charge on any atom is 0.250 e. The van der Waals surface area contributed by atoms with Crippen LogP contribution in [0.15, 0.2) is 23.7 Å². The van der Waals surface area contributed by atoms with E-state index in [2.05, 4.69) is 25.5 Å². The van der Waals surface area contributed by atoms with Crippen LogP contribution in [0.1, 0.15) is 39.5 Å². The van der Waals surface area contributed by atoms with Gasteiger partial charge in [0.1, 0.15) is 0 Å². The normalized spacial score (nSPS) is 24.7. The van der Waals surface area contributed by atoms with Crippen LogP contribution in [0.3, 0.4) is 0 Å². The molecule has 3 rings (SSSR count). The van der Waals surface area contributed by atoms with E-state index >= 15 is 0 Å². The highest BCUT2D eigenvalue weighted by Gasteiger charge is 2.44. The summed E-state index contributed by atoms with van der Waals surface area (Å²) in [5.41, 5.74) is -0.0758. The molecule has 1 fully saturated rings. The highest BCUT2D eigenvalue weighted by atomic mass is 32.2. The minimum absolute atomic E-state index is 0.0758. The van der Waals surface area contributed by atoms with E-state index in [1.807, 2.05) is 6.08 Å². The van der Waals surface area contributed by atoms with Crippen molar-refractivity contribution in [3.8, 4) is 5.88 Å². The lowest BCUT2D eigenvalue weighted by molar-refractivity contribution is 0.102. The number of fused-ring (bicyclic) bond motifs is 1.